The number of rotatable bonds is 4. The van der Waals surface area contributed by atoms with Crippen molar-refractivity contribution < 1.29 is 9.53 Å². The van der Waals surface area contributed by atoms with E-state index in [4.69, 9.17) is 4.74 Å². The average Bonchev–Trinajstić information content (AvgIpc) is 3.20. The smallest absolute Gasteiger partial charge is 0.258 e. The van der Waals surface area contributed by atoms with E-state index >= 15 is 0 Å². The van der Waals surface area contributed by atoms with Gasteiger partial charge in [0.2, 0.25) is 0 Å². The summed E-state index contributed by atoms with van der Waals surface area (Å²) in [6, 6.07) is 13.2. The van der Waals surface area contributed by atoms with Crippen molar-refractivity contribution in [2.24, 2.45) is 0 Å². The van der Waals surface area contributed by atoms with Crippen molar-refractivity contribution in [1.82, 2.24) is 9.97 Å². The van der Waals surface area contributed by atoms with E-state index in [1.165, 1.54) is 11.3 Å². The molecule has 2 aromatic heterocycles. The molecule has 2 N–H and O–H groups in total. The van der Waals surface area contributed by atoms with E-state index in [0.717, 1.165) is 26.9 Å². The Kier molecular flexibility index (Phi) is 3.66. The van der Waals surface area contributed by atoms with Gasteiger partial charge < -0.3 is 9.72 Å². The van der Waals surface area contributed by atoms with Crippen LogP contribution in [0.5, 0.6) is 5.75 Å². The van der Waals surface area contributed by atoms with Crippen LogP contribution in [0, 0.1) is 0 Å². The van der Waals surface area contributed by atoms with Gasteiger partial charge in [-0.3, -0.25) is 10.1 Å². The van der Waals surface area contributed by atoms with Crippen molar-refractivity contribution in [1.29, 1.82) is 0 Å². The monoisotopic (exact) mass is 337 g/mol. The molecule has 0 fully saturated rings. The summed E-state index contributed by atoms with van der Waals surface area (Å²) < 4.78 is 6.48. The van der Waals surface area contributed by atoms with Gasteiger partial charge >= 0.3 is 0 Å². The minimum atomic E-state index is -0.163. The van der Waals surface area contributed by atoms with Crippen molar-refractivity contribution in [2.45, 2.75) is 6.92 Å². The molecule has 2 aromatic carbocycles. The topological polar surface area (TPSA) is 67.0 Å². The van der Waals surface area contributed by atoms with Crippen molar-refractivity contribution in [3.63, 3.8) is 0 Å². The van der Waals surface area contributed by atoms with E-state index in [2.05, 4.69) is 15.3 Å². The largest absolute Gasteiger partial charge is 0.494 e. The summed E-state index contributed by atoms with van der Waals surface area (Å²) in [5.74, 6) is 0.646. The zero-order valence-electron chi connectivity index (χ0n) is 13.0. The number of thiazole rings is 1. The second-order valence-corrected chi connectivity index (χ2v) is 6.31. The van der Waals surface area contributed by atoms with Crippen LogP contribution in [0.15, 0.2) is 48.7 Å². The number of aromatic amines is 1. The van der Waals surface area contributed by atoms with Gasteiger partial charge in [0.1, 0.15) is 5.75 Å². The van der Waals surface area contributed by atoms with Crippen molar-refractivity contribution in [3.8, 4) is 5.75 Å². The lowest BCUT2D eigenvalue weighted by atomic mass is 10.1. The number of fused-ring (bicyclic) bond motifs is 2. The highest BCUT2D eigenvalue weighted by atomic mass is 32.1. The molecule has 0 bridgehead atoms. The molecular weight excluding hydrogens is 322 g/mol. The normalized spacial score (nSPS) is 11.0. The van der Waals surface area contributed by atoms with E-state index in [0.29, 0.717) is 17.3 Å². The lowest BCUT2D eigenvalue weighted by molar-refractivity contribution is 0.102. The first-order valence-corrected chi connectivity index (χ1v) is 8.47. The zero-order chi connectivity index (χ0) is 16.5. The predicted octanol–water partition coefficient (Wildman–Crippen LogP) is 4.43. The second kappa shape index (κ2) is 5.98. The van der Waals surface area contributed by atoms with Crippen LogP contribution < -0.4 is 10.1 Å². The minimum Gasteiger partial charge on any atom is -0.494 e. The number of nitrogens with zero attached hydrogens (tertiary/aromatic N) is 1. The van der Waals surface area contributed by atoms with E-state index < -0.39 is 0 Å². The molecule has 120 valence electrons. The molecule has 0 aliphatic carbocycles. The zero-order valence-corrected chi connectivity index (χ0v) is 13.8. The first-order chi connectivity index (χ1) is 11.7. The molecule has 2 heterocycles. The molecule has 6 heteroatoms. The molecule has 0 saturated heterocycles. The summed E-state index contributed by atoms with van der Waals surface area (Å²) in [5.41, 5.74) is 2.41. The molecule has 1 amide bonds. The van der Waals surface area contributed by atoms with Gasteiger partial charge in [-0.05, 0) is 43.3 Å². The standard InChI is InChI=1S/C18H15N3O2S/c1-2-23-11-6-7-15-16(10-11)24-18(20-15)21-17(22)13-4-3-5-14-12(13)8-9-19-14/h3-10,19H,2H2,1H3,(H,20,21,22). The van der Waals surface area contributed by atoms with Crippen molar-refractivity contribution >= 4 is 43.5 Å². The third kappa shape index (κ3) is 2.61. The molecule has 0 unspecified atom stereocenters. The van der Waals surface area contributed by atoms with Crippen molar-refractivity contribution in [2.75, 3.05) is 11.9 Å². The number of aromatic nitrogens is 2. The Hall–Kier alpha value is -2.86. The molecule has 24 heavy (non-hydrogen) atoms. The molecule has 0 spiro atoms. The first kappa shape index (κ1) is 14.7. The Morgan fingerprint density at radius 3 is 3.08 bits per heavy atom. The van der Waals surface area contributed by atoms with Gasteiger partial charge in [-0.25, -0.2) is 4.98 Å². The van der Waals surface area contributed by atoms with Gasteiger partial charge in [0.05, 0.1) is 16.8 Å². The third-order valence-electron chi connectivity index (χ3n) is 3.73. The van der Waals surface area contributed by atoms with Crippen LogP contribution in [0.3, 0.4) is 0 Å². The quantitative estimate of drug-likeness (QED) is 0.579. The Balaban J connectivity index is 1.63. The van der Waals surface area contributed by atoms with Crippen molar-refractivity contribution in [3.05, 3.63) is 54.2 Å². The van der Waals surface area contributed by atoms with E-state index in [9.17, 15) is 4.79 Å². The molecule has 4 rings (SSSR count). The van der Waals surface area contributed by atoms with Crippen LogP contribution in [0.4, 0.5) is 5.13 Å². The number of anilines is 1. The third-order valence-corrected chi connectivity index (χ3v) is 4.66. The SMILES string of the molecule is CCOc1ccc2nc(NC(=O)c3cccc4[nH]ccc34)sc2c1. The molecule has 0 aliphatic heterocycles. The highest BCUT2D eigenvalue weighted by Crippen LogP contribution is 2.30. The van der Waals surface area contributed by atoms with Gasteiger partial charge in [0.15, 0.2) is 5.13 Å². The molecule has 0 aliphatic rings. The molecule has 0 radical (unpaired) electrons. The van der Waals surface area contributed by atoms with Crippen LogP contribution in [-0.4, -0.2) is 22.5 Å². The number of H-pyrrole nitrogens is 1. The highest BCUT2D eigenvalue weighted by molar-refractivity contribution is 7.22. The molecule has 4 aromatic rings. The van der Waals surface area contributed by atoms with E-state index in [1.54, 1.807) is 0 Å². The number of nitrogens with one attached hydrogen (secondary N) is 2. The Bertz CT molecular complexity index is 1040. The molecular formula is C18H15N3O2S. The molecule has 0 atom stereocenters. The maximum absolute atomic E-state index is 12.6. The van der Waals surface area contributed by atoms with Gasteiger partial charge in [-0.1, -0.05) is 17.4 Å². The predicted molar refractivity (Wildman–Crippen MR) is 97.0 cm³/mol. The van der Waals surface area contributed by atoms with Gasteiger partial charge in [0.25, 0.3) is 5.91 Å². The Morgan fingerprint density at radius 1 is 1.29 bits per heavy atom. The number of benzene rings is 2. The fourth-order valence-corrected chi connectivity index (χ4v) is 3.55. The van der Waals surface area contributed by atoms with E-state index in [1.807, 2.05) is 55.6 Å². The molecule has 5 nitrogen and oxygen atoms in total. The lowest BCUT2D eigenvalue weighted by Crippen LogP contribution is -2.11. The summed E-state index contributed by atoms with van der Waals surface area (Å²) >= 11 is 1.44. The maximum atomic E-state index is 12.6. The number of amides is 1. The summed E-state index contributed by atoms with van der Waals surface area (Å²) in [7, 11) is 0. The maximum Gasteiger partial charge on any atom is 0.258 e. The van der Waals surface area contributed by atoms with Crippen LogP contribution in [0.2, 0.25) is 0 Å². The summed E-state index contributed by atoms with van der Waals surface area (Å²) in [6.45, 7) is 2.57. The van der Waals surface area contributed by atoms with Gasteiger partial charge in [-0.15, -0.1) is 0 Å². The number of ether oxygens (including phenoxy) is 1. The fraction of sp³-hybridized carbons (Fsp3) is 0.111. The Labute approximate surface area is 142 Å². The van der Waals surface area contributed by atoms with Gasteiger partial charge in [-0.2, -0.15) is 0 Å². The highest BCUT2D eigenvalue weighted by Gasteiger charge is 2.13. The van der Waals surface area contributed by atoms with Crippen LogP contribution in [0.1, 0.15) is 17.3 Å². The number of carbonyl (C=O) groups excluding carboxylic acids is 1. The minimum absolute atomic E-state index is 0.163. The fourth-order valence-electron chi connectivity index (χ4n) is 2.66. The summed E-state index contributed by atoms with van der Waals surface area (Å²) in [5, 5.41) is 4.37. The number of hydrogen-bond donors (Lipinski definition) is 2. The second-order valence-electron chi connectivity index (χ2n) is 5.28. The van der Waals surface area contributed by atoms with Crippen LogP contribution in [-0.2, 0) is 0 Å². The van der Waals surface area contributed by atoms with E-state index in [-0.39, 0.29) is 5.91 Å². The average molecular weight is 337 g/mol. The Morgan fingerprint density at radius 2 is 2.21 bits per heavy atom. The van der Waals surface area contributed by atoms with Gasteiger partial charge in [0, 0.05) is 22.7 Å². The molecule has 0 saturated carbocycles. The lowest BCUT2D eigenvalue weighted by Gasteiger charge is -2.03. The summed E-state index contributed by atoms with van der Waals surface area (Å²) in [6.07, 6.45) is 1.83. The first-order valence-electron chi connectivity index (χ1n) is 7.65. The van der Waals surface area contributed by atoms with Crippen LogP contribution >= 0.6 is 11.3 Å². The number of carbonyl (C=O) groups is 1. The number of hydrogen-bond acceptors (Lipinski definition) is 4. The summed E-state index contributed by atoms with van der Waals surface area (Å²) in [4.78, 5) is 20.2. The van der Waals surface area contributed by atoms with Crippen LogP contribution in [0.25, 0.3) is 21.1 Å².